The van der Waals surface area contributed by atoms with Crippen LogP contribution in [0.1, 0.15) is 39.5 Å². The maximum absolute atomic E-state index is 5.27. The van der Waals surface area contributed by atoms with Crippen molar-refractivity contribution in [3.8, 4) is 0 Å². The molecule has 0 saturated heterocycles. The Hall–Kier alpha value is -0.761. The quantitative estimate of drug-likeness (QED) is 0.179. The molecule has 0 spiro atoms. The van der Waals surface area contributed by atoms with Gasteiger partial charge in [0.15, 0.2) is 0 Å². The van der Waals surface area contributed by atoms with Gasteiger partial charge in [-0.2, -0.15) is 20.4 Å². The molecule has 0 aliphatic carbocycles. The van der Waals surface area contributed by atoms with Crippen LogP contribution in [-0.4, -0.2) is 21.8 Å². The average molecular weight is 350 g/mol. The largest absolute Gasteiger partial charge is 2.00 e. The zero-order chi connectivity index (χ0) is 14.0. The molecule has 0 aromatic rings. The Morgan fingerprint density at radius 3 is 1.95 bits per heavy atom. The van der Waals surface area contributed by atoms with Gasteiger partial charge in [0.05, 0.1) is 11.4 Å². The summed E-state index contributed by atoms with van der Waals surface area (Å²) in [4.78, 5) is 0. The Kier molecular flexibility index (Phi) is 13.3. The van der Waals surface area contributed by atoms with Gasteiger partial charge in [0, 0.05) is 0 Å². The Morgan fingerprint density at radius 1 is 0.947 bits per heavy atom. The number of rotatable bonds is 7. The number of nitrogens with zero attached hydrogens (tertiary/aromatic N) is 4. The van der Waals surface area contributed by atoms with Crippen LogP contribution in [0, 0.1) is 0 Å². The zero-order valence-electron chi connectivity index (χ0n) is 10.9. The molecule has 111 valence electrons. The normalized spacial score (nSPS) is 14.2. The zero-order valence-corrected chi connectivity index (χ0v) is 13.5. The van der Waals surface area contributed by atoms with Crippen molar-refractivity contribution in [2.45, 2.75) is 39.5 Å². The molecule has 0 aliphatic rings. The van der Waals surface area contributed by atoms with Gasteiger partial charge in [-0.15, -0.1) is 0 Å². The molecular formula is C10H18CuN6S2. The topological polar surface area (TPSA) is 101 Å². The number of nitrogens with two attached hydrogens (primary N) is 2. The molecule has 19 heavy (non-hydrogen) atoms. The number of unbranched alkanes of at least 4 members (excludes halogenated alkanes) is 2. The molecule has 0 bridgehead atoms. The van der Waals surface area contributed by atoms with E-state index in [0.717, 1.165) is 25.7 Å². The Labute approximate surface area is 135 Å². The Bertz CT molecular complexity index is 370. The van der Waals surface area contributed by atoms with E-state index in [9.17, 15) is 0 Å². The number of amidine groups is 2. The van der Waals surface area contributed by atoms with Gasteiger partial charge in [-0.05, 0) is 30.1 Å². The van der Waals surface area contributed by atoms with Crippen LogP contribution in [0.15, 0.2) is 20.4 Å². The standard InChI is InChI=1S/C10H20N6S2.Cu/c1-3-4-5-6-8(14-16-10(12)18)7(2)13-15-9(11)17;/h3-6H2,1-2H3,(H3,11,15,17)(H3,12,16,18);/q;+2/p-2/b13-7+,14-8+;. The van der Waals surface area contributed by atoms with Gasteiger partial charge < -0.3 is 36.7 Å². The molecule has 4 N–H and O–H groups in total. The van der Waals surface area contributed by atoms with E-state index in [1.165, 1.54) is 0 Å². The first kappa shape index (κ1) is 20.6. The number of hydrogen-bond donors (Lipinski definition) is 2. The molecule has 0 unspecified atom stereocenters. The van der Waals surface area contributed by atoms with E-state index in [1.807, 2.05) is 0 Å². The molecule has 1 radical (unpaired) electrons. The third kappa shape index (κ3) is 12.0. The molecule has 0 heterocycles. The summed E-state index contributed by atoms with van der Waals surface area (Å²) in [5.41, 5.74) is 11.8. The third-order valence-electron chi connectivity index (χ3n) is 2.00. The van der Waals surface area contributed by atoms with Crippen molar-refractivity contribution in [1.29, 1.82) is 0 Å². The summed E-state index contributed by atoms with van der Waals surface area (Å²) in [7, 11) is 0. The number of hydrogen-bond acceptors (Lipinski definition) is 6. The average Bonchev–Trinajstić information content (AvgIpc) is 2.30. The minimum atomic E-state index is -0.0199. The molecule has 0 aliphatic heterocycles. The van der Waals surface area contributed by atoms with E-state index >= 15 is 0 Å². The van der Waals surface area contributed by atoms with Crippen LogP contribution in [0.3, 0.4) is 0 Å². The predicted octanol–water partition coefficient (Wildman–Crippen LogP) is 1.02. The van der Waals surface area contributed by atoms with Gasteiger partial charge in [-0.1, -0.05) is 19.8 Å². The summed E-state index contributed by atoms with van der Waals surface area (Å²) in [5, 5.41) is 15.1. The molecule has 0 aromatic heterocycles. The summed E-state index contributed by atoms with van der Waals surface area (Å²) in [6, 6.07) is 0. The summed E-state index contributed by atoms with van der Waals surface area (Å²) in [6.45, 7) is 3.89. The van der Waals surface area contributed by atoms with Crippen molar-refractivity contribution in [1.82, 2.24) is 0 Å². The second-order valence-electron chi connectivity index (χ2n) is 3.57. The fourth-order valence-electron chi connectivity index (χ4n) is 1.14. The van der Waals surface area contributed by atoms with Crippen molar-refractivity contribution in [3.63, 3.8) is 0 Å². The van der Waals surface area contributed by atoms with Crippen LogP contribution in [0.2, 0.25) is 0 Å². The van der Waals surface area contributed by atoms with E-state index in [2.05, 4.69) is 52.6 Å². The minimum absolute atomic E-state index is 0. The first-order chi connectivity index (χ1) is 8.47. The Balaban J connectivity index is 0. The molecule has 0 aromatic carbocycles. The molecule has 0 rings (SSSR count). The molecule has 0 amide bonds. The molecule has 0 saturated carbocycles. The van der Waals surface area contributed by atoms with Gasteiger partial charge in [-0.3, -0.25) is 0 Å². The summed E-state index contributed by atoms with van der Waals surface area (Å²) in [5.74, 6) is 0. The summed E-state index contributed by atoms with van der Waals surface area (Å²) >= 11 is 9.25. The SMILES string of the molecule is CCCCCC(=N\N=C(\N)[S-])/C(C)=N/N=C(/N)[S-].[Cu+2]. The van der Waals surface area contributed by atoms with Gasteiger partial charge in [0.1, 0.15) is 0 Å². The van der Waals surface area contributed by atoms with E-state index in [4.69, 9.17) is 11.5 Å². The smallest absolute Gasteiger partial charge is 0.741 e. The fraction of sp³-hybridized carbons (Fsp3) is 0.600. The first-order valence-corrected chi connectivity index (χ1v) is 6.41. The molecule has 0 fully saturated rings. The minimum Gasteiger partial charge on any atom is -0.741 e. The van der Waals surface area contributed by atoms with Crippen molar-refractivity contribution >= 4 is 47.0 Å². The van der Waals surface area contributed by atoms with Crippen molar-refractivity contribution in [2.75, 3.05) is 0 Å². The monoisotopic (exact) mass is 349 g/mol. The van der Waals surface area contributed by atoms with Crippen molar-refractivity contribution in [3.05, 3.63) is 0 Å². The molecule has 9 heteroatoms. The van der Waals surface area contributed by atoms with Crippen molar-refractivity contribution < 1.29 is 17.1 Å². The van der Waals surface area contributed by atoms with Crippen LogP contribution in [0.25, 0.3) is 0 Å². The molecule has 0 atom stereocenters. The molecule has 6 nitrogen and oxygen atoms in total. The summed E-state index contributed by atoms with van der Waals surface area (Å²) < 4.78 is 0. The van der Waals surface area contributed by atoms with E-state index in [1.54, 1.807) is 6.92 Å². The van der Waals surface area contributed by atoms with Crippen LogP contribution in [-0.2, 0) is 42.3 Å². The van der Waals surface area contributed by atoms with Gasteiger partial charge in [0.2, 0.25) is 0 Å². The van der Waals surface area contributed by atoms with Crippen LogP contribution < -0.4 is 11.5 Å². The van der Waals surface area contributed by atoms with E-state index in [-0.39, 0.29) is 27.4 Å². The van der Waals surface area contributed by atoms with Crippen LogP contribution in [0.4, 0.5) is 0 Å². The maximum Gasteiger partial charge on any atom is 2.00 e. The van der Waals surface area contributed by atoms with E-state index < -0.39 is 0 Å². The van der Waals surface area contributed by atoms with Crippen LogP contribution >= 0.6 is 0 Å². The predicted molar refractivity (Wildman–Crippen MR) is 82.7 cm³/mol. The van der Waals surface area contributed by atoms with Gasteiger partial charge in [0.25, 0.3) is 0 Å². The fourth-order valence-corrected chi connectivity index (χ4v) is 1.22. The second kappa shape index (κ2) is 12.3. The third-order valence-corrected chi connectivity index (χ3v) is 2.17. The van der Waals surface area contributed by atoms with Gasteiger partial charge in [-0.25, -0.2) is 0 Å². The Morgan fingerprint density at radius 2 is 1.47 bits per heavy atom. The second-order valence-corrected chi connectivity index (χ2v) is 4.40. The molecular weight excluding hydrogens is 332 g/mol. The summed E-state index contributed by atoms with van der Waals surface area (Å²) in [6.07, 6.45) is 3.95. The maximum atomic E-state index is 5.27. The van der Waals surface area contributed by atoms with Crippen molar-refractivity contribution in [2.24, 2.45) is 31.9 Å². The van der Waals surface area contributed by atoms with Gasteiger partial charge >= 0.3 is 17.1 Å². The van der Waals surface area contributed by atoms with Crippen LogP contribution in [0.5, 0.6) is 0 Å². The van der Waals surface area contributed by atoms with E-state index in [0.29, 0.717) is 11.4 Å². The first-order valence-electron chi connectivity index (χ1n) is 5.59.